The summed E-state index contributed by atoms with van der Waals surface area (Å²) < 4.78 is 0. The van der Waals surface area contributed by atoms with Crippen LogP contribution < -0.4 is 5.32 Å². The molecule has 1 atom stereocenters. The van der Waals surface area contributed by atoms with Gasteiger partial charge < -0.3 is 5.32 Å². The molecule has 0 aromatic carbocycles. The zero-order chi connectivity index (χ0) is 8.69. The summed E-state index contributed by atoms with van der Waals surface area (Å²) in [5.41, 5.74) is 0. The standard InChI is InChI=1S/C10H21N/c1-5-6-10(9(2)3)7-8-11-4/h5,9-11H,1,6-8H2,2-4H3. The molecule has 0 aromatic rings. The second kappa shape index (κ2) is 6.41. The van der Waals surface area contributed by atoms with Gasteiger partial charge in [0.05, 0.1) is 0 Å². The van der Waals surface area contributed by atoms with Crippen LogP contribution in [0.5, 0.6) is 0 Å². The van der Waals surface area contributed by atoms with Gasteiger partial charge in [-0.2, -0.15) is 0 Å². The number of hydrogen-bond donors (Lipinski definition) is 1. The van der Waals surface area contributed by atoms with Crippen LogP contribution in [-0.2, 0) is 0 Å². The fraction of sp³-hybridized carbons (Fsp3) is 0.800. The van der Waals surface area contributed by atoms with E-state index in [0.717, 1.165) is 24.8 Å². The van der Waals surface area contributed by atoms with Gasteiger partial charge in [-0.15, -0.1) is 6.58 Å². The average molecular weight is 155 g/mol. The Balaban J connectivity index is 3.59. The lowest BCUT2D eigenvalue weighted by Crippen LogP contribution is -2.16. The molecule has 0 amide bonds. The van der Waals surface area contributed by atoms with Crippen LogP contribution in [0.2, 0.25) is 0 Å². The van der Waals surface area contributed by atoms with Gasteiger partial charge in [0, 0.05) is 0 Å². The summed E-state index contributed by atoms with van der Waals surface area (Å²) in [6, 6.07) is 0. The molecular weight excluding hydrogens is 134 g/mol. The van der Waals surface area contributed by atoms with Gasteiger partial charge >= 0.3 is 0 Å². The van der Waals surface area contributed by atoms with Crippen LogP contribution in [0.4, 0.5) is 0 Å². The van der Waals surface area contributed by atoms with E-state index in [0.29, 0.717) is 0 Å². The minimum absolute atomic E-state index is 0.779. The van der Waals surface area contributed by atoms with Crippen molar-refractivity contribution in [2.24, 2.45) is 11.8 Å². The second-order valence-electron chi connectivity index (χ2n) is 3.42. The molecule has 0 bridgehead atoms. The largest absolute Gasteiger partial charge is 0.320 e. The van der Waals surface area contributed by atoms with Crippen LogP contribution >= 0.6 is 0 Å². The van der Waals surface area contributed by atoms with E-state index >= 15 is 0 Å². The Hall–Kier alpha value is -0.300. The van der Waals surface area contributed by atoms with Gasteiger partial charge in [-0.3, -0.25) is 0 Å². The van der Waals surface area contributed by atoms with Crippen molar-refractivity contribution < 1.29 is 0 Å². The predicted octanol–water partition coefficient (Wildman–Crippen LogP) is 2.44. The van der Waals surface area contributed by atoms with Crippen molar-refractivity contribution >= 4 is 0 Å². The first-order chi connectivity index (χ1) is 5.22. The first-order valence-corrected chi connectivity index (χ1v) is 4.47. The van der Waals surface area contributed by atoms with Crippen molar-refractivity contribution in [2.45, 2.75) is 26.7 Å². The van der Waals surface area contributed by atoms with Gasteiger partial charge in [0.1, 0.15) is 0 Å². The first-order valence-electron chi connectivity index (χ1n) is 4.47. The van der Waals surface area contributed by atoms with Crippen LogP contribution in [0.3, 0.4) is 0 Å². The topological polar surface area (TPSA) is 12.0 Å². The highest BCUT2D eigenvalue weighted by Gasteiger charge is 2.09. The Labute approximate surface area is 70.9 Å². The number of nitrogens with one attached hydrogen (secondary N) is 1. The van der Waals surface area contributed by atoms with Crippen molar-refractivity contribution in [3.05, 3.63) is 12.7 Å². The maximum absolute atomic E-state index is 3.77. The van der Waals surface area contributed by atoms with Crippen LogP contribution in [0, 0.1) is 11.8 Å². The third-order valence-corrected chi connectivity index (χ3v) is 2.18. The highest BCUT2D eigenvalue weighted by molar-refractivity contribution is 4.75. The minimum atomic E-state index is 0.779. The zero-order valence-corrected chi connectivity index (χ0v) is 8.06. The van der Waals surface area contributed by atoms with E-state index in [1.807, 2.05) is 13.1 Å². The molecule has 0 aliphatic heterocycles. The molecule has 0 rings (SSSR count). The Morgan fingerprint density at radius 1 is 1.45 bits per heavy atom. The lowest BCUT2D eigenvalue weighted by atomic mass is 9.89. The highest BCUT2D eigenvalue weighted by atomic mass is 14.8. The van der Waals surface area contributed by atoms with E-state index in [1.54, 1.807) is 0 Å². The van der Waals surface area contributed by atoms with Crippen molar-refractivity contribution in [3.8, 4) is 0 Å². The maximum atomic E-state index is 3.77. The molecule has 1 N–H and O–H groups in total. The van der Waals surface area contributed by atoms with E-state index in [-0.39, 0.29) is 0 Å². The van der Waals surface area contributed by atoms with E-state index in [2.05, 4.69) is 25.7 Å². The van der Waals surface area contributed by atoms with E-state index in [4.69, 9.17) is 0 Å². The molecule has 66 valence electrons. The number of hydrogen-bond acceptors (Lipinski definition) is 1. The van der Waals surface area contributed by atoms with E-state index in [9.17, 15) is 0 Å². The molecule has 1 unspecified atom stereocenters. The fourth-order valence-electron chi connectivity index (χ4n) is 1.27. The Morgan fingerprint density at radius 2 is 2.09 bits per heavy atom. The Bertz CT molecular complexity index is 97.0. The fourth-order valence-corrected chi connectivity index (χ4v) is 1.27. The summed E-state index contributed by atoms with van der Waals surface area (Å²) in [6.45, 7) is 9.46. The van der Waals surface area contributed by atoms with Gasteiger partial charge in [-0.05, 0) is 38.3 Å². The van der Waals surface area contributed by atoms with Crippen LogP contribution in [0.15, 0.2) is 12.7 Å². The van der Waals surface area contributed by atoms with Crippen LogP contribution in [0.1, 0.15) is 26.7 Å². The minimum Gasteiger partial charge on any atom is -0.320 e. The summed E-state index contributed by atoms with van der Waals surface area (Å²) in [5, 5.41) is 3.18. The molecular formula is C10H21N. The molecule has 0 saturated carbocycles. The Kier molecular flexibility index (Phi) is 6.24. The van der Waals surface area contributed by atoms with Crippen molar-refractivity contribution in [3.63, 3.8) is 0 Å². The Morgan fingerprint density at radius 3 is 2.45 bits per heavy atom. The molecule has 0 radical (unpaired) electrons. The van der Waals surface area contributed by atoms with Crippen LogP contribution in [-0.4, -0.2) is 13.6 Å². The van der Waals surface area contributed by atoms with E-state index in [1.165, 1.54) is 6.42 Å². The van der Waals surface area contributed by atoms with Crippen molar-refractivity contribution in [1.82, 2.24) is 5.32 Å². The lowest BCUT2D eigenvalue weighted by molar-refractivity contribution is 0.360. The van der Waals surface area contributed by atoms with Gasteiger partial charge in [-0.25, -0.2) is 0 Å². The molecule has 1 heteroatoms. The molecule has 0 aliphatic carbocycles. The van der Waals surface area contributed by atoms with Gasteiger partial charge in [0.25, 0.3) is 0 Å². The first kappa shape index (κ1) is 10.7. The molecule has 0 aliphatic rings. The zero-order valence-electron chi connectivity index (χ0n) is 8.06. The second-order valence-corrected chi connectivity index (χ2v) is 3.42. The molecule has 0 saturated heterocycles. The maximum Gasteiger partial charge on any atom is -0.00491 e. The molecule has 0 heterocycles. The average Bonchev–Trinajstić information content (AvgIpc) is 1.97. The van der Waals surface area contributed by atoms with Gasteiger partial charge in [0.2, 0.25) is 0 Å². The summed E-state index contributed by atoms with van der Waals surface area (Å²) in [7, 11) is 2.01. The van der Waals surface area contributed by atoms with Gasteiger partial charge in [-0.1, -0.05) is 19.9 Å². The summed E-state index contributed by atoms with van der Waals surface area (Å²) in [4.78, 5) is 0. The smallest absolute Gasteiger partial charge is 0.00491 e. The lowest BCUT2D eigenvalue weighted by Gasteiger charge is -2.18. The number of allylic oxidation sites excluding steroid dienone is 1. The predicted molar refractivity (Wildman–Crippen MR) is 51.7 cm³/mol. The summed E-state index contributed by atoms with van der Waals surface area (Å²) in [6.07, 6.45) is 4.44. The third-order valence-electron chi connectivity index (χ3n) is 2.18. The van der Waals surface area contributed by atoms with Gasteiger partial charge in [0.15, 0.2) is 0 Å². The van der Waals surface area contributed by atoms with E-state index < -0.39 is 0 Å². The number of rotatable bonds is 6. The summed E-state index contributed by atoms with van der Waals surface area (Å²) in [5.74, 6) is 1.58. The molecule has 0 fully saturated rings. The quantitative estimate of drug-likeness (QED) is 0.581. The molecule has 0 aromatic heterocycles. The monoisotopic (exact) mass is 155 g/mol. The van der Waals surface area contributed by atoms with Crippen molar-refractivity contribution in [2.75, 3.05) is 13.6 Å². The molecule has 1 nitrogen and oxygen atoms in total. The van der Waals surface area contributed by atoms with Crippen LogP contribution in [0.25, 0.3) is 0 Å². The highest BCUT2D eigenvalue weighted by Crippen LogP contribution is 2.18. The molecule has 11 heavy (non-hydrogen) atoms. The summed E-state index contributed by atoms with van der Waals surface area (Å²) >= 11 is 0. The SMILES string of the molecule is C=CCC(CCNC)C(C)C. The normalized spacial score (nSPS) is 13.5. The van der Waals surface area contributed by atoms with Crippen molar-refractivity contribution in [1.29, 1.82) is 0 Å². The molecule has 0 spiro atoms. The third kappa shape index (κ3) is 5.02.